The van der Waals surface area contributed by atoms with Crippen LogP contribution in [0.25, 0.3) is 11.6 Å². The molecule has 1 N–H and O–H groups in total. The molecule has 0 bridgehead atoms. The highest BCUT2D eigenvalue weighted by Gasteiger charge is 2.31. The van der Waals surface area contributed by atoms with E-state index in [1.807, 2.05) is 19.1 Å². The van der Waals surface area contributed by atoms with Crippen LogP contribution in [0.5, 0.6) is 5.75 Å². The Morgan fingerprint density at radius 2 is 1.97 bits per heavy atom. The second kappa shape index (κ2) is 8.20. The number of hydrogen-bond donors (Lipinski definition) is 1. The maximum absolute atomic E-state index is 13.2. The lowest BCUT2D eigenvalue weighted by Crippen LogP contribution is -2.28. The molecule has 2 aliphatic rings. The highest BCUT2D eigenvalue weighted by atomic mass is 16.5. The fraction of sp³-hybridized carbons (Fsp3) is 0.222. The summed E-state index contributed by atoms with van der Waals surface area (Å²) in [5.41, 5.74) is 8.19. The minimum atomic E-state index is -0.184. The molecule has 0 fully saturated rings. The maximum atomic E-state index is 13.2. The fourth-order valence-corrected chi connectivity index (χ4v) is 4.68. The van der Waals surface area contributed by atoms with Crippen LogP contribution >= 0.6 is 0 Å². The molecular weight excluding hydrogens is 414 g/mol. The SMILES string of the molecule is C=C(CN1Cc2c(cccc2C2=Cc3c(C)n[nH]c3CC2)C1=O)C(=O)c1cccc(OC)c1. The minimum Gasteiger partial charge on any atom is -0.497 e. The molecule has 1 amide bonds. The Balaban J connectivity index is 1.38. The standard InChI is InChI=1S/C27H25N3O3/c1-16(26(31)19-6-4-7-20(12-19)33-3)14-30-15-24-21(8-5-9-22(24)27(30)32)18-10-11-25-23(13-18)17(2)28-29-25/h4-9,12-13H,1,10-11,14-15H2,2-3H3,(H,28,29). The first-order chi connectivity index (χ1) is 16.0. The Morgan fingerprint density at radius 1 is 1.18 bits per heavy atom. The Kier molecular flexibility index (Phi) is 5.21. The summed E-state index contributed by atoms with van der Waals surface area (Å²) in [4.78, 5) is 27.8. The number of aryl methyl sites for hydroxylation is 2. The molecular formula is C27H25N3O3. The van der Waals surface area contributed by atoms with Crippen molar-refractivity contribution in [2.75, 3.05) is 13.7 Å². The van der Waals surface area contributed by atoms with Gasteiger partial charge in [0.05, 0.1) is 12.8 Å². The first-order valence-corrected chi connectivity index (χ1v) is 11.0. The molecule has 0 saturated carbocycles. The Labute approximate surface area is 192 Å². The van der Waals surface area contributed by atoms with Gasteiger partial charge in [-0.1, -0.05) is 30.8 Å². The molecule has 33 heavy (non-hydrogen) atoms. The molecule has 0 unspecified atom stereocenters. The minimum absolute atomic E-state index is 0.0666. The first kappa shape index (κ1) is 20.9. The zero-order chi connectivity index (χ0) is 23.1. The summed E-state index contributed by atoms with van der Waals surface area (Å²) < 4.78 is 5.21. The predicted molar refractivity (Wildman–Crippen MR) is 127 cm³/mol. The number of allylic oxidation sites excluding steroid dienone is 1. The molecule has 1 aliphatic carbocycles. The number of hydrogen-bond acceptors (Lipinski definition) is 4. The van der Waals surface area contributed by atoms with E-state index >= 15 is 0 Å². The number of amides is 1. The van der Waals surface area contributed by atoms with E-state index in [2.05, 4.69) is 28.9 Å². The van der Waals surface area contributed by atoms with Gasteiger partial charge in [-0.3, -0.25) is 14.7 Å². The Morgan fingerprint density at radius 3 is 2.79 bits per heavy atom. The number of aromatic amines is 1. The molecule has 0 atom stereocenters. The number of nitrogens with one attached hydrogen (secondary N) is 1. The molecule has 5 rings (SSSR count). The zero-order valence-corrected chi connectivity index (χ0v) is 18.8. The molecule has 0 radical (unpaired) electrons. The second-order valence-electron chi connectivity index (χ2n) is 8.53. The third-order valence-corrected chi connectivity index (χ3v) is 6.46. The number of Topliss-reactive ketones (excluding diaryl/α,β-unsaturated/α-hetero) is 1. The highest BCUT2D eigenvalue weighted by Crippen LogP contribution is 2.36. The number of nitrogens with zero attached hydrogens (tertiary/aromatic N) is 2. The van der Waals surface area contributed by atoms with E-state index in [1.54, 1.807) is 36.3 Å². The molecule has 1 aliphatic heterocycles. The highest BCUT2D eigenvalue weighted by molar-refractivity contribution is 6.09. The summed E-state index contributed by atoms with van der Waals surface area (Å²) in [6.45, 7) is 6.63. The van der Waals surface area contributed by atoms with Gasteiger partial charge in [-0.25, -0.2) is 0 Å². The number of carbonyl (C=O) groups excluding carboxylic acids is 2. The lowest BCUT2D eigenvalue weighted by atomic mass is 9.88. The van der Waals surface area contributed by atoms with Gasteiger partial charge in [-0.15, -0.1) is 0 Å². The lowest BCUT2D eigenvalue weighted by molar-refractivity contribution is 0.0788. The van der Waals surface area contributed by atoms with Gasteiger partial charge in [-0.05, 0) is 60.7 Å². The van der Waals surface area contributed by atoms with Crippen LogP contribution in [0.15, 0.2) is 54.6 Å². The number of benzene rings is 2. The van der Waals surface area contributed by atoms with Crippen molar-refractivity contribution in [3.05, 3.63) is 93.8 Å². The molecule has 1 aromatic heterocycles. The Hall–Kier alpha value is -3.93. The van der Waals surface area contributed by atoms with E-state index in [0.29, 0.717) is 29.0 Å². The van der Waals surface area contributed by atoms with Gasteiger partial charge in [0.1, 0.15) is 5.75 Å². The van der Waals surface area contributed by atoms with Gasteiger partial charge >= 0.3 is 0 Å². The van der Waals surface area contributed by atoms with Crippen LogP contribution in [0.3, 0.4) is 0 Å². The molecule has 166 valence electrons. The first-order valence-electron chi connectivity index (χ1n) is 11.0. The van der Waals surface area contributed by atoms with Crippen LogP contribution in [0, 0.1) is 6.92 Å². The topological polar surface area (TPSA) is 75.3 Å². The molecule has 6 heteroatoms. The molecule has 3 aromatic rings. The van der Waals surface area contributed by atoms with Gasteiger partial charge in [0.25, 0.3) is 5.91 Å². The average Bonchev–Trinajstić information content (AvgIpc) is 3.37. The number of ether oxygens (including phenoxy) is 1. The summed E-state index contributed by atoms with van der Waals surface area (Å²) in [6.07, 6.45) is 3.97. The number of H-pyrrole nitrogens is 1. The van der Waals surface area contributed by atoms with E-state index < -0.39 is 0 Å². The van der Waals surface area contributed by atoms with Crippen molar-refractivity contribution in [1.29, 1.82) is 0 Å². The number of aromatic nitrogens is 2. The lowest BCUT2D eigenvalue weighted by Gasteiger charge is -2.18. The fourth-order valence-electron chi connectivity index (χ4n) is 4.68. The van der Waals surface area contributed by atoms with Crippen LogP contribution < -0.4 is 4.74 Å². The van der Waals surface area contributed by atoms with E-state index in [4.69, 9.17) is 4.74 Å². The van der Waals surface area contributed by atoms with Gasteiger partial charge in [0.2, 0.25) is 0 Å². The summed E-state index contributed by atoms with van der Waals surface area (Å²) in [7, 11) is 1.56. The average molecular weight is 440 g/mol. The summed E-state index contributed by atoms with van der Waals surface area (Å²) >= 11 is 0. The van der Waals surface area contributed by atoms with Crippen molar-refractivity contribution in [2.24, 2.45) is 0 Å². The van der Waals surface area contributed by atoms with Crippen molar-refractivity contribution in [3.63, 3.8) is 0 Å². The van der Waals surface area contributed by atoms with Crippen LogP contribution in [-0.2, 0) is 13.0 Å². The van der Waals surface area contributed by atoms with Crippen molar-refractivity contribution in [1.82, 2.24) is 15.1 Å². The largest absolute Gasteiger partial charge is 0.497 e. The van der Waals surface area contributed by atoms with Crippen molar-refractivity contribution >= 4 is 23.3 Å². The number of ketones is 1. The quantitative estimate of drug-likeness (QED) is 0.450. The third kappa shape index (κ3) is 3.67. The molecule has 2 aromatic carbocycles. The molecule has 6 nitrogen and oxygen atoms in total. The zero-order valence-electron chi connectivity index (χ0n) is 18.8. The van der Waals surface area contributed by atoms with E-state index in [-0.39, 0.29) is 18.2 Å². The van der Waals surface area contributed by atoms with Gasteiger partial charge in [0.15, 0.2) is 5.78 Å². The monoisotopic (exact) mass is 439 g/mol. The number of rotatable bonds is 6. The van der Waals surface area contributed by atoms with Crippen LogP contribution in [0.1, 0.15) is 55.2 Å². The van der Waals surface area contributed by atoms with E-state index in [1.165, 1.54) is 5.57 Å². The molecule has 2 heterocycles. The van der Waals surface area contributed by atoms with Gasteiger partial charge < -0.3 is 9.64 Å². The van der Waals surface area contributed by atoms with Crippen molar-refractivity contribution in [3.8, 4) is 5.75 Å². The predicted octanol–water partition coefficient (Wildman–Crippen LogP) is 4.61. The smallest absolute Gasteiger partial charge is 0.254 e. The molecule has 0 spiro atoms. The Bertz CT molecular complexity index is 1330. The molecule has 0 saturated heterocycles. The maximum Gasteiger partial charge on any atom is 0.254 e. The van der Waals surface area contributed by atoms with Crippen LogP contribution in [0.2, 0.25) is 0 Å². The number of methoxy groups -OCH3 is 1. The van der Waals surface area contributed by atoms with E-state index in [0.717, 1.165) is 40.9 Å². The van der Waals surface area contributed by atoms with Crippen LogP contribution in [-0.4, -0.2) is 40.4 Å². The summed E-state index contributed by atoms with van der Waals surface area (Å²) in [5, 5.41) is 7.44. The number of fused-ring (bicyclic) bond motifs is 2. The second-order valence-corrected chi connectivity index (χ2v) is 8.53. The van der Waals surface area contributed by atoms with Crippen LogP contribution in [0.4, 0.5) is 0 Å². The third-order valence-electron chi connectivity index (χ3n) is 6.46. The van der Waals surface area contributed by atoms with Crippen molar-refractivity contribution < 1.29 is 14.3 Å². The summed E-state index contributed by atoms with van der Waals surface area (Å²) in [6, 6.07) is 12.9. The van der Waals surface area contributed by atoms with Gasteiger partial charge in [0, 0.05) is 41.0 Å². The van der Waals surface area contributed by atoms with Crippen molar-refractivity contribution in [2.45, 2.75) is 26.3 Å². The summed E-state index contributed by atoms with van der Waals surface area (Å²) in [5.74, 6) is 0.360. The van der Waals surface area contributed by atoms with Gasteiger partial charge in [-0.2, -0.15) is 5.10 Å². The van der Waals surface area contributed by atoms with E-state index in [9.17, 15) is 9.59 Å². The number of carbonyl (C=O) groups is 2. The normalized spacial score (nSPS) is 14.5.